The van der Waals surface area contributed by atoms with E-state index in [9.17, 15) is 10.0 Å². The minimum atomic E-state index is -0.379. The zero-order chi connectivity index (χ0) is 25.8. The molecule has 0 spiro atoms. The summed E-state index contributed by atoms with van der Waals surface area (Å²) in [5, 5.41) is 17.6. The Hall–Kier alpha value is -2.91. The van der Waals surface area contributed by atoms with E-state index in [4.69, 9.17) is 25.9 Å². The second kappa shape index (κ2) is 11.2. The zero-order valence-corrected chi connectivity index (χ0v) is 21.8. The molecule has 35 heavy (non-hydrogen) atoms. The van der Waals surface area contributed by atoms with Crippen molar-refractivity contribution in [1.82, 2.24) is 9.99 Å². The van der Waals surface area contributed by atoms with Crippen molar-refractivity contribution in [3.05, 3.63) is 63.1 Å². The number of hydrogen-bond acceptors (Lipinski definition) is 7. The Morgan fingerprint density at radius 3 is 2.71 bits per heavy atom. The summed E-state index contributed by atoms with van der Waals surface area (Å²) in [7, 11) is 1.64. The number of nitrogens with zero attached hydrogens (tertiary/aromatic N) is 4. The molecule has 1 aliphatic rings. The van der Waals surface area contributed by atoms with Crippen LogP contribution in [-0.4, -0.2) is 40.1 Å². The maximum atomic E-state index is 12.7. The Labute approximate surface area is 211 Å². The molecule has 1 aliphatic heterocycles. The zero-order valence-electron chi connectivity index (χ0n) is 21.1. The SMILES string of the molecule is Cc1ncc2c(c1OC(=O)C[C@@H](C)CCO/N=[N+](\[O-])N(C)C(C)(C)C)CO[C@@H]2c1ccc(Cl)cc1. The van der Waals surface area contributed by atoms with Crippen molar-refractivity contribution in [3.8, 4) is 5.75 Å². The highest BCUT2D eigenvalue weighted by molar-refractivity contribution is 6.30. The summed E-state index contributed by atoms with van der Waals surface area (Å²) in [6, 6.07) is 7.46. The van der Waals surface area contributed by atoms with Gasteiger partial charge in [-0.3, -0.25) is 9.78 Å². The lowest BCUT2D eigenvalue weighted by molar-refractivity contribution is -0.719. The number of rotatable bonds is 9. The quantitative estimate of drug-likeness (QED) is 0.146. The van der Waals surface area contributed by atoms with Crippen molar-refractivity contribution in [2.24, 2.45) is 11.2 Å². The molecular weight excluding hydrogens is 472 g/mol. The van der Waals surface area contributed by atoms with Crippen LogP contribution in [0.15, 0.2) is 35.7 Å². The fraction of sp³-hybridized carbons (Fsp3) is 0.520. The first-order valence-corrected chi connectivity index (χ1v) is 11.9. The molecule has 0 aliphatic carbocycles. The van der Waals surface area contributed by atoms with E-state index < -0.39 is 0 Å². The van der Waals surface area contributed by atoms with E-state index in [1.165, 1.54) is 5.01 Å². The average molecular weight is 505 g/mol. The Morgan fingerprint density at radius 1 is 1.37 bits per heavy atom. The summed E-state index contributed by atoms with van der Waals surface area (Å²) in [6.07, 6.45) is 2.22. The third-order valence-electron chi connectivity index (χ3n) is 5.99. The molecule has 9 nitrogen and oxygen atoms in total. The van der Waals surface area contributed by atoms with Crippen LogP contribution in [0, 0.1) is 18.0 Å². The predicted molar refractivity (Wildman–Crippen MR) is 131 cm³/mol. The number of halogens is 1. The molecule has 0 unspecified atom stereocenters. The predicted octanol–water partition coefficient (Wildman–Crippen LogP) is 5.52. The van der Waals surface area contributed by atoms with E-state index in [2.05, 4.69) is 10.3 Å². The Kier molecular flexibility index (Phi) is 8.56. The van der Waals surface area contributed by atoms with Crippen LogP contribution in [0.25, 0.3) is 0 Å². The molecule has 10 heteroatoms. The highest BCUT2D eigenvalue weighted by atomic mass is 35.5. The number of carbonyl (C=O) groups excluding carboxylic acids is 1. The van der Waals surface area contributed by atoms with Crippen molar-refractivity contribution in [2.75, 3.05) is 13.7 Å². The van der Waals surface area contributed by atoms with Gasteiger partial charge in [-0.25, -0.2) is 0 Å². The van der Waals surface area contributed by atoms with Gasteiger partial charge in [0.15, 0.2) is 5.75 Å². The molecule has 2 atom stereocenters. The number of carbonyl (C=O) groups is 1. The molecule has 0 saturated heterocycles. The van der Waals surface area contributed by atoms with Gasteiger partial charge in [0.05, 0.1) is 29.9 Å². The van der Waals surface area contributed by atoms with Crippen LogP contribution >= 0.6 is 11.6 Å². The molecule has 1 aromatic carbocycles. The fourth-order valence-electron chi connectivity index (χ4n) is 3.53. The third kappa shape index (κ3) is 6.82. The summed E-state index contributed by atoms with van der Waals surface area (Å²) in [6.45, 7) is 9.94. The summed E-state index contributed by atoms with van der Waals surface area (Å²) < 4.78 is 11.7. The summed E-state index contributed by atoms with van der Waals surface area (Å²) in [4.78, 5) is 22.7. The van der Waals surface area contributed by atoms with E-state index in [-0.39, 0.29) is 36.6 Å². The Morgan fingerprint density at radius 2 is 2.06 bits per heavy atom. The van der Waals surface area contributed by atoms with E-state index in [0.717, 1.165) is 16.7 Å². The molecular formula is C25H33ClN4O5. The molecule has 0 N–H and O–H groups in total. The maximum absolute atomic E-state index is 12.7. The molecule has 190 valence electrons. The van der Waals surface area contributed by atoms with Gasteiger partial charge in [0.2, 0.25) is 5.28 Å². The Balaban J connectivity index is 1.56. The molecule has 0 fully saturated rings. The molecule has 1 aromatic heterocycles. The monoisotopic (exact) mass is 504 g/mol. The first-order valence-electron chi connectivity index (χ1n) is 11.6. The van der Waals surface area contributed by atoms with Gasteiger partial charge in [0.1, 0.15) is 12.7 Å². The standard InChI is InChI=1S/C25H33ClN4O5/c1-16(11-12-34-28-30(32)29(6)25(3,4)5)13-22(31)35-23-17(2)27-14-20-21(23)15-33-24(20)18-7-9-19(26)10-8-18/h7-10,14,16,24H,11-13,15H2,1-6H3/b30-28-/t16-,24+/m0/s1. The lowest BCUT2D eigenvalue weighted by atomic mass is 10.00. The minimum Gasteiger partial charge on any atom is -0.569 e. The van der Waals surface area contributed by atoms with Crippen LogP contribution in [0.2, 0.25) is 5.02 Å². The number of esters is 1. The van der Waals surface area contributed by atoms with Gasteiger partial charge in [0.25, 0.3) is 0 Å². The van der Waals surface area contributed by atoms with Crippen molar-refractivity contribution < 1.29 is 24.1 Å². The number of aryl methyl sites for hydroxylation is 1. The number of pyridine rings is 1. The van der Waals surface area contributed by atoms with E-state index in [1.807, 2.05) is 52.0 Å². The highest BCUT2D eigenvalue weighted by Gasteiger charge is 2.30. The molecule has 2 heterocycles. The van der Waals surface area contributed by atoms with E-state index >= 15 is 0 Å². The largest absolute Gasteiger partial charge is 0.569 e. The number of hydrazine groups is 1. The van der Waals surface area contributed by atoms with Crippen LogP contribution in [0.5, 0.6) is 5.75 Å². The van der Waals surface area contributed by atoms with E-state index in [1.54, 1.807) is 20.2 Å². The van der Waals surface area contributed by atoms with Gasteiger partial charge in [-0.2, -0.15) is 0 Å². The van der Waals surface area contributed by atoms with Crippen molar-refractivity contribution >= 4 is 17.6 Å². The van der Waals surface area contributed by atoms with E-state index in [0.29, 0.717) is 34.5 Å². The van der Waals surface area contributed by atoms with Crippen LogP contribution in [0.4, 0.5) is 0 Å². The fourth-order valence-corrected chi connectivity index (χ4v) is 3.66. The van der Waals surface area contributed by atoms with Gasteiger partial charge in [-0.15, -0.1) is 5.01 Å². The second-order valence-corrected chi connectivity index (χ2v) is 10.2. The summed E-state index contributed by atoms with van der Waals surface area (Å²) in [5.74, 6) is 0.0662. The second-order valence-electron chi connectivity index (χ2n) is 9.78. The van der Waals surface area contributed by atoms with Crippen molar-refractivity contribution in [3.63, 3.8) is 0 Å². The molecule has 0 saturated carbocycles. The van der Waals surface area contributed by atoms with Crippen LogP contribution in [-0.2, 0) is 21.0 Å². The van der Waals surface area contributed by atoms with Gasteiger partial charge >= 0.3 is 5.97 Å². The number of hydrogen-bond donors (Lipinski definition) is 0. The van der Waals surface area contributed by atoms with Gasteiger partial charge in [0, 0.05) is 28.8 Å². The first kappa shape index (κ1) is 26.7. The first-order chi connectivity index (χ1) is 16.5. The molecule has 0 amide bonds. The molecule has 3 rings (SSSR count). The molecule has 2 aromatic rings. The lowest BCUT2D eigenvalue weighted by Gasteiger charge is -2.26. The number of ether oxygens (including phenoxy) is 2. The smallest absolute Gasteiger partial charge is 0.311 e. The number of benzene rings is 1. The lowest BCUT2D eigenvalue weighted by Crippen LogP contribution is -2.42. The molecule has 0 radical (unpaired) electrons. The van der Waals surface area contributed by atoms with Gasteiger partial charge in [-0.05, 0) is 57.7 Å². The third-order valence-corrected chi connectivity index (χ3v) is 6.24. The average Bonchev–Trinajstić information content (AvgIpc) is 3.22. The van der Waals surface area contributed by atoms with Crippen LogP contribution in [0.3, 0.4) is 0 Å². The summed E-state index contributed by atoms with van der Waals surface area (Å²) in [5.41, 5.74) is 2.92. The molecule has 0 bridgehead atoms. The van der Waals surface area contributed by atoms with Crippen LogP contribution in [0.1, 0.15) is 69.0 Å². The van der Waals surface area contributed by atoms with Crippen molar-refractivity contribution in [1.29, 1.82) is 0 Å². The minimum absolute atomic E-state index is 0.0266. The van der Waals surface area contributed by atoms with Gasteiger partial charge in [-0.1, -0.05) is 30.7 Å². The van der Waals surface area contributed by atoms with Crippen LogP contribution < -0.4 is 4.74 Å². The summed E-state index contributed by atoms with van der Waals surface area (Å²) >= 11 is 6.00. The maximum Gasteiger partial charge on any atom is 0.311 e. The normalized spacial score (nSPS) is 16.5. The Bertz CT molecular complexity index is 1070. The highest BCUT2D eigenvalue weighted by Crippen LogP contribution is 2.41. The van der Waals surface area contributed by atoms with Gasteiger partial charge < -0.3 is 19.5 Å². The number of fused-ring (bicyclic) bond motifs is 1. The topological polar surface area (TPSA) is 99.3 Å². The number of aromatic nitrogens is 1. The van der Waals surface area contributed by atoms with Crippen molar-refractivity contribution in [2.45, 2.75) is 65.7 Å².